The van der Waals surface area contributed by atoms with Crippen LogP contribution in [0.2, 0.25) is 0 Å². The fraction of sp³-hybridized carbons (Fsp3) is 0.467. The number of hydrogen-bond acceptors (Lipinski definition) is 5. The van der Waals surface area contributed by atoms with Gasteiger partial charge >= 0.3 is 5.97 Å². The predicted molar refractivity (Wildman–Crippen MR) is 74.1 cm³/mol. The normalized spacial score (nSPS) is 11.6. The highest BCUT2D eigenvalue weighted by molar-refractivity contribution is 5.87. The Morgan fingerprint density at radius 3 is 2.50 bits per heavy atom. The van der Waals surface area contributed by atoms with Gasteiger partial charge in [-0.3, -0.25) is 4.79 Å². The highest BCUT2D eigenvalue weighted by atomic mass is 16.5. The monoisotopic (exact) mass is 280 g/mol. The van der Waals surface area contributed by atoms with Crippen LogP contribution in [0.3, 0.4) is 0 Å². The summed E-state index contributed by atoms with van der Waals surface area (Å²) in [5, 5.41) is 0. The molecule has 20 heavy (non-hydrogen) atoms. The summed E-state index contributed by atoms with van der Waals surface area (Å²) < 4.78 is 15.2. The molecule has 0 saturated heterocycles. The van der Waals surface area contributed by atoms with Gasteiger partial charge in [-0.05, 0) is 37.5 Å². The van der Waals surface area contributed by atoms with E-state index in [1.54, 1.807) is 27.2 Å². The first kappa shape index (κ1) is 16.0. The van der Waals surface area contributed by atoms with Gasteiger partial charge in [0, 0.05) is 0 Å². The maximum Gasteiger partial charge on any atom is 0.316 e. The predicted octanol–water partition coefficient (Wildman–Crippen LogP) is 2.01. The number of benzene rings is 1. The van der Waals surface area contributed by atoms with E-state index in [0.29, 0.717) is 30.6 Å². The van der Waals surface area contributed by atoms with E-state index in [4.69, 9.17) is 14.2 Å². The Morgan fingerprint density at radius 2 is 1.95 bits per heavy atom. The van der Waals surface area contributed by atoms with Crippen LogP contribution in [0, 0.1) is 5.92 Å². The molecular formula is C15H20O5. The van der Waals surface area contributed by atoms with Gasteiger partial charge in [-0.15, -0.1) is 0 Å². The second-order valence-electron chi connectivity index (χ2n) is 4.22. The van der Waals surface area contributed by atoms with Crippen LogP contribution in [-0.2, 0) is 20.7 Å². The zero-order chi connectivity index (χ0) is 15.0. The van der Waals surface area contributed by atoms with Crippen molar-refractivity contribution in [3.63, 3.8) is 0 Å². The Labute approximate surface area is 118 Å². The van der Waals surface area contributed by atoms with Crippen molar-refractivity contribution >= 4 is 12.3 Å². The summed E-state index contributed by atoms with van der Waals surface area (Å²) in [4.78, 5) is 22.4. The first-order valence-electron chi connectivity index (χ1n) is 6.49. The molecule has 0 aliphatic rings. The van der Waals surface area contributed by atoms with Gasteiger partial charge in [0.15, 0.2) is 11.5 Å². The molecule has 110 valence electrons. The summed E-state index contributed by atoms with van der Waals surface area (Å²) in [6.07, 6.45) is 1.64. The van der Waals surface area contributed by atoms with Crippen LogP contribution in [0.25, 0.3) is 0 Å². The molecule has 0 fully saturated rings. The van der Waals surface area contributed by atoms with Gasteiger partial charge in [-0.25, -0.2) is 0 Å². The number of methoxy groups -OCH3 is 2. The van der Waals surface area contributed by atoms with E-state index in [2.05, 4.69) is 0 Å². The van der Waals surface area contributed by atoms with Crippen LogP contribution >= 0.6 is 0 Å². The molecule has 0 N–H and O–H groups in total. The van der Waals surface area contributed by atoms with Crippen LogP contribution in [0.1, 0.15) is 18.9 Å². The van der Waals surface area contributed by atoms with Gasteiger partial charge in [0.05, 0.1) is 20.8 Å². The zero-order valence-corrected chi connectivity index (χ0v) is 12.0. The minimum absolute atomic E-state index is 0.277. The fourth-order valence-corrected chi connectivity index (χ4v) is 1.85. The van der Waals surface area contributed by atoms with E-state index in [1.807, 2.05) is 12.1 Å². The molecule has 0 amide bonds. The van der Waals surface area contributed by atoms with Gasteiger partial charge in [0.1, 0.15) is 12.2 Å². The molecule has 0 bridgehead atoms. The Bertz CT molecular complexity index is 456. The quantitative estimate of drug-likeness (QED) is 0.414. The number of aryl methyl sites for hydroxylation is 1. The molecule has 1 aromatic carbocycles. The van der Waals surface area contributed by atoms with Gasteiger partial charge < -0.3 is 19.0 Å². The average Bonchev–Trinajstić information content (AvgIpc) is 2.47. The summed E-state index contributed by atoms with van der Waals surface area (Å²) in [7, 11) is 3.13. The Morgan fingerprint density at radius 1 is 1.25 bits per heavy atom. The number of ether oxygens (including phenoxy) is 3. The fourth-order valence-electron chi connectivity index (χ4n) is 1.85. The van der Waals surface area contributed by atoms with Crippen molar-refractivity contribution in [3.8, 4) is 11.5 Å². The Balaban J connectivity index is 2.68. The lowest BCUT2D eigenvalue weighted by Gasteiger charge is -2.11. The molecule has 0 aliphatic heterocycles. The van der Waals surface area contributed by atoms with Gasteiger partial charge in [-0.1, -0.05) is 6.07 Å². The summed E-state index contributed by atoms with van der Waals surface area (Å²) in [6, 6.07) is 5.52. The molecule has 0 aliphatic carbocycles. The summed E-state index contributed by atoms with van der Waals surface area (Å²) in [5.41, 5.74) is 0.971. The zero-order valence-electron chi connectivity index (χ0n) is 12.0. The van der Waals surface area contributed by atoms with E-state index < -0.39 is 11.9 Å². The lowest BCUT2D eigenvalue weighted by molar-refractivity contribution is -0.149. The lowest BCUT2D eigenvalue weighted by atomic mass is 10.0. The molecule has 1 aromatic rings. The van der Waals surface area contributed by atoms with Crippen molar-refractivity contribution in [2.45, 2.75) is 19.8 Å². The van der Waals surface area contributed by atoms with Crippen molar-refractivity contribution < 1.29 is 23.8 Å². The van der Waals surface area contributed by atoms with Crippen molar-refractivity contribution in [2.24, 2.45) is 5.92 Å². The highest BCUT2D eigenvalue weighted by Crippen LogP contribution is 2.28. The van der Waals surface area contributed by atoms with Crippen LogP contribution in [0.15, 0.2) is 18.2 Å². The van der Waals surface area contributed by atoms with Crippen LogP contribution in [-0.4, -0.2) is 33.1 Å². The van der Waals surface area contributed by atoms with Gasteiger partial charge in [0.25, 0.3) is 0 Å². The molecular weight excluding hydrogens is 260 g/mol. The standard InChI is InChI=1S/C15H20O5/c1-4-20-15(17)12(10-16)7-5-11-6-8-13(18-2)14(9-11)19-3/h6,8-10,12H,4-5,7H2,1-3H3. The van der Waals surface area contributed by atoms with Crippen LogP contribution in [0.4, 0.5) is 0 Å². The maximum absolute atomic E-state index is 11.5. The third-order valence-corrected chi connectivity index (χ3v) is 2.95. The smallest absolute Gasteiger partial charge is 0.316 e. The molecule has 1 rings (SSSR count). The summed E-state index contributed by atoms with van der Waals surface area (Å²) >= 11 is 0. The number of rotatable bonds is 8. The topological polar surface area (TPSA) is 61.8 Å². The number of aldehydes is 1. The maximum atomic E-state index is 11.5. The molecule has 0 aromatic heterocycles. The minimum Gasteiger partial charge on any atom is -0.493 e. The van der Waals surface area contributed by atoms with Crippen molar-refractivity contribution in [2.75, 3.05) is 20.8 Å². The molecule has 0 radical (unpaired) electrons. The van der Waals surface area contributed by atoms with Crippen LogP contribution < -0.4 is 9.47 Å². The number of carbonyl (C=O) groups excluding carboxylic acids is 2. The number of esters is 1. The molecule has 1 atom stereocenters. The molecule has 5 nitrogen and oxygen atoms in total. The lowest BCUT2D eigenvalue weighted by Crippen LogP contribution is -2.19. The first-order chi connectivity index (χ1) is 9.65. The van der Waals surface area contributed by atoms with Gasteiger partial charge in [-0.2, -0.15) is 0 Å². The van der Waals surface area contributed by atoms with E-state index in [9.17, 15) is 9.59 Å². The molecule has 0 heterocycles. The number of hydrogen-bond donors (Lipinski definition) is 0. The third kappa shape index (κ3) is 4.26. The molecule has 0 saturated carbocycles. The second-order valence-corrected chi connectivity index (χ2v) is 4.22. The Hall–Kier alpha value is -2.04. The molecule has 1 unspecified atom stereocenters. The molecule has 5 heteroatoms. The number of carbonyl (C=O) groups is 2. The largest absolute Gasteiger partial charge is 0.493 e. The third-order valence-electron chi connectivity index (χ3n) is 2.95. The SMILES string of the molecule is CCOC(=O)C(C=O)CCc1ccc(OC)c(OC)c1. The highest BCUT2D eigenvalue weighted by Gasteiger charge is 2.18. The summed E-state index contributed by atoms with van der Waals surface area (Å²) in [6.45, 7) is 1.99. The molecule has 0 spiro atoms. The second kappa shape index (κ2) is 8.19. The van der Waals surface area contributed by atoms with E-state index in [0.717, 1.165) is 5.56 Å². The van der Waals surface area contributed by atoms with E-state index in [-0.39, 0.29) is 6.61 Å². The summed E-state index contributed by atoms with van der Waals surface area (Å²) in [5.74, 6) is 0.0865. The Kier molecular flexibility index (Phi) is 6.56. The minimum atomic E-state index is -0.719. The van der Waals surface area contributed by atoms with E-state index >= 15 is 0 Å². The van der Waals surface area contributed by atoms with Crippen LogP contribution in [0.5, 0.6) is 11.5 Å². The van der Waals surface area contributed by atoms with Crippen molar-refractivity contribution in [3.05, 3.63) is 23.8 Å². The van der Waals surface area contributed by atoms with Crippen molar-refractivity contribution in [1.29, 1.82) is 0 Å². The average molecular weight is 280 g/mol. The first-order valence-corrected chi connectivity index (χ1v) is 6.49. The van der Waals surface area contributed by atoms with Crippen molar-refractivity contribution in [1.82, 2.24) is 0 Å². The van der Waals surface area contributed by atoms with E-state index in [1.165, 1.54) is 0 Å². The van der Waals surface area contributed by atoms with Gasteiger partial charge in [0.2, 0.25) is 0 Å².